The number of nitrogens with zero attached hydrogens (tertiary/aromatic N) is 1. The number of rotatable bonds is 5. The number of nitrogens with one attached hydrogen (secondary N) is 1. The minimum absolute atomic E-state index is 0.145. The van der Waals surface area contributed by atoms with Crippen molar-refractivity contribution in [1.82, 2.24) is 4.90 Å². The molecule has 122 valence electrons. The van der Waals surface area contributed by atoms with E-state index < -0.39 is 0 Å². The van der Waals surface area contributed by atoms with Crippen molar-refractivity contribution in [3.8, 4) is 0 Å². The summed E-state index contributed by atoms with van der Waals surface area (Å²) in [6.07, 6.45) is -0.145. The van der Waals surface area contributed by atoms with Gasteiger partial charge in [-0.15, -0.1) is 11.3 Å². The Hall–Kier alpha value is -2.14. The number of carbonyl (C=O) groups is 2. The smallest absolute Gasteiger partial charge is 0.233 e. The molecule has 0 aliphatic carbocycles. The molecular weight excluding hydrogens is 308 g/mol. The Morgan fingerprint density at radius 1 is 1.13 bits per heavy atom. The summed E-state index contributed by atoms with van der Waals surface area (Å²) in [7, 11) is 1.73. The van der Waals surface area contributed by atoms with Gasteiger partial charge in [0, 0.05) is 17.6 Å². The van der Waals surface area contributed by atoms with Gasteiger partial charge in [0.15, 0.2) is 0 Å². The highest BCUT2D eigenvalue weighted by Gasteiger charge is 2.16. The molecule has 1 N–H and O–H groups in total. The number of amides is 2. The zero-order valence-electron chi connectivity index (χ0n) is 14.0. The monoisotopic (exact) mass is 330 g/mol. The standard InChI is InChI=1S/C18H22N2O2S/c1-12-5-6-15(14(3)9-12)19-17(21)10-18(22)20(4)11-16-13(2)7-8-23-16/h5-9H,10-11H2,1-4H3,(H,19,21). The lowest BCUT2D eigenvalue weighted by Crippen LogP contribution is -2.30. The van der Waals surface area contributed by atoms with Crippen LogP contribution >= 0.6 is 11.3 Å². The Bertz CT molecular complexity index is 722. The highest BCUT2D eigenvalue weighted by molar-refractivity contribution is 7.10. The number of benzene rings is 1. The fourth-order valence-electron chi connectivity index (χ4n) is 2.29. The number of thiophene rings is 1. The molecule has 0 spiro atoms. The van der Waals surface area contributed by atoms with Crippen LogP contribution in [0, 0.1) is 20.8 Å². The fraction of sp³-hybridized carbons (Fsp3) is 0.333. The first-order valence-electron chi connectivity index (χ1n) is 7.51. The number of hydrogen-bond acceptors (Lipinski definition) is 3. The summed E-state index contributed by atoms with van der Waals surface area (Å²) in [6.45, 7) is 6.51. The Kier molecular flexibility index (Phi) is 5.55. The van der Waals surface area contributed by atoms with Crippen LogP contribution in [0.4, 0.5) is 5.69 Å². The SMILES string of the molecule is Cc1ccc(NC(=O)CC(=O)N(C)Cc2sccc2C)c(C)c1. The molecule has 1 aromatic heterocycles. The third-order valence-corrected chi connectivity index (χ3v) is 4.75. The summed E-state index contributed by atoms with van der Waals surface area (Å²) in [5.41, 5.74) is 4.07. The first-order chi connectivity index (χ1) is 10.9. The molecule has 0 saturated carbocycles. The molecule has 1 heterocycles. The van der Waals surface area contributed by atoms with Gasteiger partial charge in [0.25, 0.3) is 0 Å². The van der Waals surface area contributed by atoms with Crippen molar-refractivity contribution in [2.45, 2.75) is 33.7 Å². The van der Waals surface area contributed by atoms with E-state index in [-0.39, 0.29) is 18.2 Å². The molecule has 5 heteroatoms. The summed E-state index contributed by atoms with van der Waals surface area (Å²) in [4.78, 5) is 27.0. The number of aryl methyl sites for hydroxylation is 3. The van der Waals surface area contributed by atoms with E-state index in [2.05, 4.69) is 5.32 Å². The van der Waals surface area contributed by atoms with Crippen molar-refractivity contribution >= 4 is 28.8 Å². The van der Waals surface area contributed by atoms with Gasteiger partial charge >= 0.3 is 0 Å². The molecule has 0 bridgehead atoms. The van der Waals surface area contributed by atoms with Crippen LogP contribution in [0.25, 0.3) is 0 Å². The van der Waals surface area contributed by atoms with Crippen LogP contribution in [0.15, 0.2) is 29.6 Å². The Morgan fingerprint density at radius 3 is 2.48 bits per heavy atom. The van der Waals surface area contributed by atoms with Crippen molar-refractivity contribution in [3.05, 3.63) is 51.2 Å². The molecule has 0 atom stereocenters. The van der Waals surface area contributed by atoms with Crippen LogP contribution in [-0.4, -0.2) is 23.8 Å². The highest BCUT2D eigenvalue weighted by Crippen LogP contribution is 2.18. The lowest BCUT2D eigenvalue weighted by molar-refractivity contribution is -0.133. The van der Waals surface area contributed by atoms with Crippen LogP contribution in [0.1, 0.15) is 28.0 Å². The molecule has 23 heavy (non-hydrogen) atoms. The molecule has 0 saturated heterocycles. The van der Waals surface area contributed by atoms with Gasteiger partial charge in [-0.1, -0.05) is 17.7 Å². The summed E-state index contributed by atoms with van der Waals surface area (Å²) >= 11 is 1.63. The molecular formula is C18H22N2O2S. The van der Waals surface area contributed by atoms with Gasteiger partial charge in [-0.05, 0) is 49.4 Å². The van der Waals surface area contributed by atoms with Crippen LogP contribution in [0.5, 0.6) is 0 Å². The highest BCUT2D eigenvalue weighted by atomic mass is 32.1. The van der Waals surface area contributed by atoms with Crippen LogP contribution in [0.3, 0.4) is 0 Å². The second kappa shape index (κ2) is 7.42. The van der Waals surface area contributed by atoms with Gasteiger partial charge in [-0.2, -0.15) is 0 Å². The average Bonchev–Trinajstić information content (AvgIpc) is 2.87. The summed E-state index contributed by atoms with van der Waals surface area (Å²) in [6, 6.07) is 7.84. The third kappa shape index (κ3) is 4.66. The van der Waals surface area contributed by atoms with E-state index in [0.717, 1.165) is 21.7 Å². The predicted molar refractivity (Wildman–Crippen MR) is 94.7 cm³/mol. The van der Waals surface area contributed by atoms with Gasteiger partial charge in [-0.25, -0.2) is 0 Å². The maximum atomic E-state index is 12.2. The van der Waals surface area contributed by atoms with E-state index in [1.165, 1.54) is 5.56 Å². The zero-order chi connectivity index (χ0) is 17.0. The minimum atomic E-state index is -0.281. The average molecular weight is 330 g/mol. The molecule has 1 aromatic carbocycles. The fourth-order valence-corrected chi connectivity index (χ4v) is 3.25. The zero-order valence-corrected chi connectivity index (χ0v) is 14.8. The van der Waals surface area contributed by atoms with E-state index in [9.17, 15) is 9.59 Å². The normalized spacial score (nSPS) is 10.4. The van der Waals surface area contributed by atoms with Crippen LogP contribution < -0.4 is 5.32 Å². The van der Waals surface area contributed by atoms with E-state index in [0.29, 0.717) is 6.54 Å². The van der Waals surface area contributed by atoms with Gasteiger partial charge < -0.3 is 10.2 Å². The lowest BCUT2D eigenvalue weighted by Gasteiger charge is -2.17. The van der Waals surface area contributed by atoms with Gasteiger partial charge in [0.05, 0.1) is 6.54 Å². The molecule has 0 aliphatic rings. The quantitative estimate of drug-likeness (QED) is 0.851. The maximum absolute atomic E-state index is 12.2. The second-order valence-corrected chi connectivity index (χ2v) is 6.82. The predicted octanol–water partition coefficient (Wildman–Crippen LogP) is 3.66. The topological polar surface area (TPSA) is 49.4 Å². The van der Waals surface area contributed by atoms with E-state index in [1.807, 2.05) is 50.4 Å². The van der Waals surface area contributed by atoms with E-state index in [1.54, 1.807) is 23.3 Å². The molecule has 4 nitrogen and oxygen atoms in total. The molecule has 2 rings (SSSR count). The van der Waals surface area contributed by atoms with Crippen LogP contribution in [-0.2, 0) is 16.1 Å². The molecule has 0 radical (unpaired) electrons. The van der Waals surface area contributed by atoms with Crippen molar-refractivity contribution < 1.29 is 9.59 Å². The largest absolute Gasteiger partial charge is 0.340 e. The van der Waals surface area contributed by atoms with E-state index in [4.69, 9.17) is 0 Å². The van der Waals surface area contributed by atoms with Gasteiger partial charge in [0.1, 0.15) is 6.42 Å². The second-order valence-electron chi connectivity index (χ2n) is 5.82. The third-order valence-electron chi connectivity index (χ3n) is 3.74. The summed E-state index contributed by atoms with van der Waals surface area (Å²) in [5.74, 6) is -0.461. The number of anilines is 1. The molecule has 2 amide bonds. The Morgan fingerprint density at radius 2 is 1.87 bits per heavy atom. The Balaban J connectivity index is 1.91. The van der Waals surface area contributed by atoms with Crippen molar-refractivity contribution in [3.63, 3.8) is 0 Å². The van der Waals surface area contributed by atoms with Crippen molar-refractivity contribution in [2.24, 2.45) is 0 Å². The first-order valence-corrected chi connectivity index (χ1v) is 8.39. The summed E-state index contributed by atoms with van der Waals surface area (Å²) < 4.78 is 0. The van der Waals surface area contributed by atoms with Crippen LogP contribution in [0.2, 0.25) is 0 Å². The lowest BCUT2D eigenvalue weighted by atomic mass is 10.1. The molecule has 0 unspecified atom stereocenters. The number of carbonyl (C=O) groups excluding carboxylic acids is 2. The van der Waals surface area contributed by atoms with Gasteiger partial charge in [0.2, 0.25) is 11.8 Å². The Labute approximate surface area is 141 Å². The minimum Gasteiger partial charge on any atom is -0.340 e. The van der Waals surface area contributed by atoms with E-state index >= 15 is 0 Å². The molecule has 2 aromatic rings. The van der Waals surface area contributed by atoms with Crippen molar-refractivity contribution in [1.29, 1.82) is 0 Å². The summed E-state index contributed by atoms with van der Waals surface area (Å²) in [5, 5.41) is 4.82. The molecule has 0 fully saturated rings. The number of hydrogen-bond donors (Lipinski definition) is 1. The van der Waals surface area contributed by atoms with Gasteiger partial charge in [-0.3, -0.25) is 9.59 Å². The maximum Gasteiger partial charge on any atom is 0.233 e. The first kappa shape index (κ1) is 17.2. The van der Waals surface area contributed by atoms with Crippen molar-refractivity contribution in [2.75, 3.05) is 12.4 Å². The molecule has 0 aliphatic heterocycles.